The maximum atomic E-state index is 13.7. The molecule has 1 aliphatic rings. The number of hydrogen-bond acceptors (Lipinski definition) is 5. The SMILES string of the molecule is CCOc1ccc(OCC)c(N2C(=O)NC(=O)/C(=C\c3cc(C)n(-c4cccc5ccccc45)c3C)C2=O)c1. The Balaban J connectivity index is 1.59. The van der Waals surface area contributed by atoms with Crippen molar-refractivity contribution in [2.45, 2.75) is 27.7 Å². The molecular weight excluding hydrogens is 494 g/mol. The van der Waals surface area contributed by atoms with Gasteiger partial charge in [0.2, 0.25) is 0 Å². The van der Waals surface area contributed by atoms with Gasteiger partial charge in [0.05, 0.1) is 24.6 Å². The van der Waals surface area contributed by atoms with E-state index in [9.17, 15) is 14.4 Å². The van der Waals surface area contributed by atoms with Crippen LogP contribution >= 0.6 is 0 Å². The van der Waals surface area contributed by atoms with Crippen LogP contribution < -0.4 is 19.7 Å². The molecule has 0 spiro atoms. The molecule has 0 aliphatic carbocycles. The lowest BCUT2D eigenvalue weighted by Gasteiger charge is -2.28. The highest BCUT2D eigenvalue weighted by Crippen LogP contribution is 2.35. The van der Waals surface area contributed by atoms with Gasteiger partial charge in [0.25, 0.3) is 11.8 Å². The van der Waals surface area contributed by atoms with E-state index in [1.54, 1.807) is 25.1 Å². The number of benzene rings is 3. The van der Waals surface area contributed by atoms with Crippen LogP contribution in [0.1, 0.15) is 30.8 Å². The first-order valence-corrected chi connectivity index (χ1v) is 12.8. The molecule has 1 aromatic heterocycles. The van der Waals surface area contributed by atoms with Crippen molar-refractivity contribution in [1.82, 2.24) is 9.88 Å². The monoisotopic (exact) mass is 523 g/mol. The van der Waals surface area contributed by atoms with Gasteiger partial charge >= 0.3 is 6.03 Å². The number of nitrogens with zero attached hydrogens (tertiary/aromatic N) is 2. The second-order valence-electron chi connectivity index (χ2n) is 9.11. The number of carbonyl (C=O) groups is 3. The quantitative estimate of drug-likeness (QED) is 0.248. The van der Waals surface area contributed by atoms with Gasteiger partial charge in [-0.05, 0) is 69.0 Å². The zero-order valence-electron chi connectivity index (χ0n) is 22.3. The molecule has 8 heteroatoms. The summed E-state index contributed by atoms with van der Waals surface area (Å²) in [5.74, 6) is -0.701. The number of fused-ring (bicyclic) bond motifs is 1. The van der Waals surface area contributed by atoms with Crippen molar-refractivity contribution in [3.63, 3.8) is 0 Å². The average molecular weight is 524 g/mol. The van der Waals surface area contributed by atoms with Crippen LogP contribution in [0.5, 0.6) is 11.5 Å². The van der Waals surface area contributed by atoms with Gasteiger partial charge < -0.3 is 14.0 Å². The Bertz CT molecular complexity index is 1640. The molecule has 0 unspecified atom stereocenters. The van der Waals surface area contributed by atoms with Gasteiger partial charge in [-0.3, -0.25) is 14.9 Å². The van der Waals surface area contributed by atoms with E-state index in [1.807, 2.05) is 51.1 Å². The summed E-state index contributed by atoms with van der Waals surface area (Å²) >= 11 is 0. The summed E-state index contributed by atoms with van der Waals surface area (Å²) in [5, 5.41) is 4.50. The average Bonchev–Trinajstić information content (AvgIpc) is 3.20. The lowest BCUT2D eigenvalue weighted by molar-refractivity contribution is -0.122. The first-order valence-electron chi connectivity index (χ1n) is 12.8. The molecule has 1 saturated heterocycles. The number of aryl methyl sites for hydroxylation is 1. The lowest BCUT2D eigenvalue weighted by atomic mass is 10.1. The molecule has 0 bridgehead atoms. The number of barbiturate groups is 1. The summed E-state index contributed by atoms with van der Waals surface area (Å²) in [4.78, 5) is 40.5. The number of nitrogens with one attached hydrogen (secondary N) is 1. The Kier molecular flexibility index (Phi) is 6.94. The molecular formula is C31H29N3O5. The first kappa shape index (κ1) is 25.8. The number of rotatable bonds is 7. The van der Waals surface area contributed by atoms with E-state index in [-0.39, 0.29) is 11.3 Å². The van der Waals surface area contributed by atoms with Crippen molar-refractivity contribution < 1.29 is 23.9 Å². The Morgan fingerprint density at radius 2 is 1.59 bits per heavy atom. The Hall–Kier alpha value is -4.85. The van der Waals surface area contributed by atoms with Gasteiger partial charge in [0.1, 0.15) is 17.1 Å². The second kappa shape index (κ2) is 10.5. The van der Waals surface area contributed by atoms with Crippen molar-refractivity contribution >= 4 is 40.4 Å². The molecule has 1 fully saturated rings. The van der Waals surface area contributed by atoms with Crippen molar-refractivity contribution in [2.24, 2.45) is 0 Å². The van der Waals surface area contributed by atoms with E-state index in [0.29, 0.717) is 30.3 Å². The van der Waals surface area contributed by atoms with E-state index in [1.165, 1.54) is 6.08 Å². The standard InChI is InChI=1S/C31H29N3O5/c1-5-38-23-14-15-28(39-6-2)27(18-23)34-30(36)25(29(35)32-31(34)37)17-22-16-19(3)33(20(22)4)26-13-9-11-21-10-7-8-12-24(21)26/h7-18H,5-6H2,1-4H3,(H,32,35,37)/b25-17+. The van der Waals surface area contributed by atoms with E-state index in [4.69, 9.17) is 9.47 Å². The number of ether oxygens (including phenoxy) is 2. The summed E-state index contributed by atoms with van der Waals surface area (Å²) in [6.07, 6.45) is 1.54. The summed E-state index contributed by atoms with van der Waals surface area (Å²) in [5.41, 5.74) is 3.53. The summed E-state index contributed by atoms with van der Waals surface area (Å²) < 4.78 is 13.4. The van der Waals surface area contributed by atoms with E-state index in [2.05, 4.69) is 28.1 Å². The van der Waals surface area contributed by atoms with Crippen LogP contribution in [0.4, 0.5) is 10.5 Å². The third-order valence-electron chi connectivity index (χ3n) is 6.66. The highest BCUT2D eigenvalue weighted by Gasteiger charge is 2.38. The molecule has 39 heavy (non-hydrogen) atoms. The fourth-order valence-electron chi connectivity index (χ4n) is 4.95. The summed E-state index contributed by atoms with van der Waals surface area (Å²) in [6.45, 7) is 8.29. The smallest absolute Gasteiger partial charge is 0.336 e. The molecule has 2 heterocycles. The number of imide groups is 2. The van der Waals surface area contributed by atoms with Crippen LogP contribution in [-0.2, 0) is 9.59 Å². The van der Waals surface area contributed by atoms with Crippen LogP contribution in [-0.4, -0.2) is 35.6 Å². The van der Waals surface area contributed by atoms with Gasteiger partial charge in [-0.2, -0.15) is 0 Å². The zero-order valence-corrected chi connectivity index (χ0v) is 22.3. The highest BCUT2D eigenvalue weighted by molar-refractivity contribution is 6.39. The predicted octanol–water partition coefficient (Wildman–Crippen LogP) is 5.71. The van der Waals surface area contributed by atoms with Gasteiger partial charge in [-0.25, -0.2) is 9.69 Å². The number of urea groups is 1. The highest BCUT2D eigenvalue weighted by atomic mass is 16.5. The largest absolute Gasteiger partial charge is 0.494 e. The summed E-state index contributed by atoms with van der Waals surface area (Å²) in [6, 6.07) is 20.2. The van der Waals surface area contributed by atoms with Crippen molar-refractivity contribution in [3.8, 4) is 17.2 Å². The predicted molar refractivity (Wildman–Crippen MR) is 151 cm³/mol. The topological polar surface area (TPSA) is 89.9 Å². The molecule has 0 radical (unpaired) electrons. The molecule has 1 aliphatic heterocycles. The molecule has 198 valence electrons. The molecule has 0 atom stereocenters. The molecule has 5 rings (SSSR count). The lowest BCUT2D eigenvalue weighted by Crippen LogP contribution is -2.54. The first-order chi connectivity index (χ1) is 18.8. The molecule has 1 N–H and O–H groups in total. The fourth-order valence-corrected chi connectivity index (χ4v) is 4.95. The Labute approximate surface area is 226 Å². The minimum absolute atomic E-state index is 0.156. The summed E-state index contributed by atoms with van der Waals surface area (Å²) in [7, 11) is 0. The van der Waals surface area contributed by atoms with Gasteiger partial charge in [0, 0.05) is 22.8 Å². The van der Waals surface area contributed by atoms with Crippen LogP contribution in [0.25, 0.3) is 22.5 Å². The van der Waals surface area contributed by atoms with Crippen molar-refractivity contribution in [3.05, 3.63) is 89.3 Å². The number of carbonyl (C=O) groups excluding carboxylic acids is 3. The normalized spacial score (nSPS) is 14.7. The van der Waals surface area contributed by atoms with Crippen LogP contribution in [0.15, 0.2) is 72.3 Å². The maximum absolute atomic E-state index is 13.7. The molecule has 4 amide bonds. The fraction of sp³-hybridized carbons (Fsp3) is 0.194. The van der Waals surface area contributed by atoms with Crippen molar-refractivity contribution in [1.29, 1.82) is 0 Å². The van der Waals surface area contributed by atoms with E-state index in [0.717, 1.165) is 32.7 Å². The van der Waals surface area contributed by atoms with E-state index < -0.39 is 17.8 Å². The van der Waals surface area contributed by atoms with Crippen LogP contribution in [0.3, 0.4) is 0 Å². The Morgan fingerprint density at radius 1 is 0.846 bits per heavy atom. The Morgan fingerprint density at radius 3 is 2.36 bits per heavy atom. The number of amides is 4. The zero-order chi connectivity index (χ0) is 27.7. The third-order valence-corrected chi connectivity index (χ3v) is 6.66. The molecule has 3 aromatic carbocycles. The maximum Gasteiger partial charge on any atom is 0.336 e. The van der Waals surface area contributed by atoms with Crippen LogP contribution in [0, 0.1) is 13.8 Å². The van der Waals surface area contributed by atoms with Gasteiger partial charge in [-0.1, -0.05) is 36.4 Å². The molecule has 0 saturated carbocycles. The van der Waals surface area contributed by atoms with Crippen LogP contribution in [0.2, 0.25) is 0 Å². The second-order valence-corrected chi connectivity index (χ2v) is 9.11. The van der Waals surface area contributed by atoms with Gasteiger partial charge in [-0.15, -0.1) is 0 Å². The molecule has 8 nitrogen and oxygen atoms in total. The third kappa shape index (κ3) is 4.65. The van der Waals surface area contributed by atoms with E-state index >= 15 is 0 Å². The minimum atomic E-state index is -0.849. The van der Waals surface area contributed by atoms with Crippen molar-refractivity contribution in [2.75, 3.05) is 18.1 Å². The molecule has 4 aromatic rings. The number of anilines is 1. The number of aromatic nitrogens is 1. The minimum Gasteiger partial charge on any atom is -0.494 e. The number of hydrogen-bond donors (Lipinski definition) is 1. The van der Waals surface area contributed by atoms with Gasteiger partial charge in [0.15, 0.2) is 0 Å².